The second-order valence-corrected chi connectivity index (χ2v) is 16.2. The van der Waals surface area contributed by atoms with Gasteiger partial charge in [0, 0.05) is 16.7 Å². The highest BCUT2D eigenvalue weighted by Crippen LogP contribution is 2.51. The van der Waals surface area contributed by atoms with Gasteiger partial charge in [0.1, 0.15) is 5.54 Å². The molecule has 0 saturated carbocycles. The molecule has 0 fully saturated rings. The number of allylic oxidation sites excluding steroid dienone is 4. The van der Waals surface area contributed by atoms with Gasteiger partial charge in [0.25, 0.3) is 0 Å². The van der Waals surface area contributed by atoms with Crippen LogP contribution < -0.4 is 0 Å². The molecule has 0 bridgehead atoms. The molecule has 0 aliphatic heterocycles. The van der Waals surface area contributed by atoms with Gasteiger partial charge >= 0.3 is 0 Å². The molecule has 0 saturated heterocycles. The molecule has 0 unspecified atom stereocenters. The SMILES string of the molecule is C/C(=N\C(=N/C1(c2ccccc2)C=C1)c1ccc(-c2ccc3ccc(-c4ccc(-c5ccc6c(c5)C(C)(C)C5=C6C=CCC5)cc4)cc3c2)cc1)c1ccccc1. The maximum absolute atomic E-state index is 5.28. The van der Waals surface area contributed by atoms with E-state index in [0.717, 1.165) is 46.6 Å². The fourth-order valence-corrected chi connectivity index (χ4v) is 8.82. The van der Waals surface area contributed by atoms with Crippen molar-refractivity contribution < 1.29 is 0 Å². The summed E-state index contributed by atoms with van der Waals surface area (Å²) < 4.78 is 0. The largest absolute Gasteiger partial charge is 0.246 e. The van der Waals surface area contributed by atoms with Crippen LogP contribution in [0.3, 0.4) is 0 Å². The van der Waals surface area contributed by atoms with Crippen LogP contribution in [0.15, 0.2) is 204 Å². The van der Waals surface area contributed by atoms with E-state index >= 15 is 0 Å². The summed E-state index contributed by atoms with van der Waals surface area (Å²) in [5.41, 5.74) is 17.0. The molecule has 0 spiro atoms. The number of fused-ring (bicyclic) bond motifs is 3. The van der Waals surface area contributed by atoms with Crippen molar-refractivity contribution in [2.75, 3.05) is 0 Å². The lowest BCUT2D eigenvalue weighted by Crippen LogP contribution is -2.17. The molecule has 0 aromatic heterocycles. The number of hydrogen-bond donors (Lipinski definition) is 0. The van der Waals surface area contributed by atoms with Crippen molar-refractivity contribution in [3.8, 4) is 33.4 Å². The Balaban J connectivity index is 0.924. The second-order valence-electron chi connectivity index (χ2n) is 16.2. The Kier molecular flexibility index (Phi) is 8.45. The normalized spacial score (nSPS) is 16.5. The highest BCUT2D eigenvalue weighted by molar-refractivity contribution is 6.12. The maximum Gasteiger partial charge on any atom is 0.156 e. The zero-order valence-electron chi connectivity index (χ0n) is 32.7. The van der Waals surface area contributed by atoms with E-state index in [1.54, 1.807) is 5.57 Å². The van der Waals surface area contributed by atoms with Crippen molar-refractivity contribution in [2.45, 2.75) is 44.6 Å². The summed E-state index contributed by atoms with van der Waals surface area (Å²) in [7, 11) is 0. The van der Waals surface area contributed by atoms with E-state index in [0.29, 0.717) is 0 Å². The molecule has 10 rings (SSSR count). The standard InChI is InChI=1S/C55H44N2/c1-37(38-12-6-4-7-13-38)56-53(57-55(32-33-55)48-14-8-5-9-15-48)43-26-22-40(23-27-43)45-29-25-42-24-28-44(34-47(42)35-45)39-18-20-41(21-19-39)46-30-31-50-49-16-10-11-17-51(49)54(2,3)52(50)36-46/h4-10,12-16,18-36H,11,17H2,1-3H3/b56-37+,57-53-. The fraction of sp³-hybridized carbons (Fsp3) is 0.127. The first-order valence-electron chi connectivity index (χ1n) is 20.1. The minimum atomic E-state index is -0.458. The van der Waals surface area contributed by atoms with Gasteiger partial charge in [-0.25, -0.2) is 9.98 Å². The van der Waals surface area contributed by atoms with E-state index in [-0.39, 0.29) is 5.41 Å². The summed E-state index contributed by atoms with van der Waals surface area (Å²) in [6.07, 6.45) is 11.3. The number of aliphatic imine (C=N–C) groups is 2. The third kappa shape index (κ3) is 6.42. The van der Waals surface area contributed by atoms with Gasteiger partial charge in [-0.3, -0.25) is 0 Å². The molecule has 7 aromatic carbocycles. The summed E-state index contributed by atoms with van der Waals surface area (Å²) in [4.78, 5) is 10.4. The molecule has 57 heavy (non-hydrogen) atoms. The van der Waals surface area contributed by atoms with Crippen molar-refractivity contribution in [2.24, 2.45) is 9.98 Å². The van der Waals surface area contributed by atoms with Gasteiger partial charge in [-0.2, -0.15) is 0 Å². The number of amidine groups is 1. The van der Waals surface area contributed by atoms with Gasteiger partial charge < -0.3 is 0 Å². The van der Waals surface area contributed by atoms with Crippen LogP contribution in [-0.2, 0) is 11.0 Å². The molecule has 2 nitrogen and oxygen atoms in total. The van der Waals surface area contributed by atoms with Gasteiger partial charge in [-0.05, 0) is 122 Å². The zero-order chi connectivity index (χ0) is 38.6. The molecular weight excluding hydrogens is 689 g/mol. The Bertz CT molecular complexity index is 2820. The molecule has 0 radical (unpaired) electrons. The van der Waals surface area contributed by atoms with Crippen LogP contribution >= 0.6 is 0 Å². The summed E-state index contributed by atoms with van der Waals surface area (Å²) >= 11 is 0. The second kappa shape index (κ2) is 13.8. The molecule has 0 atom stereocenters. The summed E-state index contributed by atoms with van der Waals surface area (Å²) in [6, 6.07) is 59.2. The molecule has 7 aromatic rings. The third-order valence-corrected chi connectivity index (χ3v) is 12.3. The smallest absolute Gasteiger partial charge is 0.156 e. The van der Waals surface area contributed by atoms with E-state index in [4.69, 9.17) is 9.98 Å². The van der Waals surface area contributed by atoms with Crippen molar-refractivity contribution in [3.63, 3.8) is 0 Å². The Hall–Kier alpha value is -6.64. The predicted molar refractivity (Wildman–Crippen MR) is 241 cm³/mol. The Morgan fingerprint density at radius 3 is 1.74 bits per heavy atom. The van der Waals surface area contributed by atoms with Crippen molar-refractivity contribution in [1.29, 1.82) is 0 Å². The van der Waals surface area contributed by atoms with Crippen LogP contribution in [0, 0.1) is 0 Å². The van der Waals surface area contributed by atoms with Crippen LogP contribution in [0.4, 0.5) is 0 Å². The van der Waals surface area contributed by atoms with Gasteiger partial charge in [-0.1, -0.05) is 177 Å². The molecule has 0 amide bonds. The molecular formula is C55H44N2. The van der Waals surface area contributed by atoms with Gasteiger partial charge in [0.05, 0.1) is 0 Å². The Labute approximate surface area is 336 Å². The third-order valence-electron chi connectivity index (χ3n) is 12.3. The van der Waals surface area contributed by atoms with Crippen LogP contribution in [0.2, 0.25) is 0 Å². The first kappa shape index (κ1) is 34.8. The Morgan fingerprint density at radius 2 is 1.11 bits per heavy atom. The van der Waals surface area contributed by atoms with Gasteiger partial charge in [0.2, 0.25) is 0 Å². The molecule has 3 aliphatic carbocycles. The van der Waals surface area contributed by atoms with Crippen LogP contribution in [0.1, 0.15) is 61.4 Å². The molecule has 0 N–H and O–H groups in total. The zero-order valence-corrected chi connectivity index (χ0v) is 32.7. The summed E-state index contributed by atoms with van der Waals surface area (Å²) in [5, 5.41) is 2.45. The highest BCUT2D eigenvalue weighted by Gasteiger charge is 2.38. The van der Waals surface area contributed by atoms with E-state index in [1.165, 1.54) is 55.3 Å². The number of nitrogens with zero attached hydrogens (tertiary/aromatic N) is 2. The van der Waals surface area contributed by atoms with E-state index in [9.17, 15) is 0 Å². The van der Waals surface area contributed by atoms with E-state index in [2.05, 4.69) is 185 Å². The van der Waals surface area contributed by atoms with E-state index in [1.807, 2.05) is 24.3 Å². The molecule has 2 heteroatoms. The minimum absolute atomic E-state index is 0.0739. The monoisotopic (exact) mass is 732 g/mol. The quantitative estimate of drug-likeness (QED) is 0.0886. The first-order valence-corrected chi connectivity index (χ1v) is 20.1. The first-order chi connectivity index (χ1) is 27.8. The number of benzene rings is 7. The fourth-order valence-electron chi connectivity index (χ4n) is 8.82. The summed E-state index contributed by atoms with van der Waals surface area (Å²) in [6.45, 7) is 6.84. The van der Waals surface area contributed by atoms with Crippen LogP contribution in [0.25, 0.3) is 49.7 Å². The van der Waals surface area contributed by atoms with Crippen molar-refractivity contribution in [3.05, 3.63) is 221 Å². The predicted octanol–water partition coefficient (Wildman–Crippen LogP) is 14.0. The lowest BCUT2D eigenvalue weighted by molar-refractivity contribution is 0.607. The number of hydrogen-bond acceptors (Lipinski definition) is 1. The molecule has 3 aliphatic rings. The average molecular weight is 733 g/mol. The van der Waals surface area contributed by atoms with Crippen LogP contribution in [-0.4, -0.2) is 11.5 Å². The highest BCUT2D eigenvalue weighted by atomic mass is 15.0. The van der Waals surface area contributed by atoms with Crippen molar-refractivity contribution >= 4 is 27.9 Å². The van der Waals surface area contributed by atoms with Crippen molar-refractivity contribution in [1.82, 2.24) is 0 Å². The average Bonchev–Trinajstić information content (AvgIpc) is 4.02. The Morgan fingerprint density at radius 1 is 0.544 bits per heavy atom. The summed E-state index contributed by atoms with van der Waals surface area (Å²) in [5.74, 6) is 0.721. The number of rotatable bonds is 7. The maximum atomic E-state index is 5.28. The topological polar surface area (TPSA) is 24.7 Å². The lowest BCUT2D eigenvalue weighted by atomic mass is 9.78. The minimum Gasteiger partial charge on any atom is -0.246 e. The van der Waals surface area contributed by atoms with Gasteiger partial charge in [-0.15, -0.1) is 0 Å². The molecule has 0 heterocycles. The molecule has 274 valence electrons. The van der Waals surface area contributed by atoms with Gasteiger partial charge in [0.15, 0.2) is 5.84 Å². The lowest BCUT2D eigenvalue weighted by Gasteiger charge is -2.26. The van der Waals surface area contributed by atoms with E-state index < -0.39 is 5.54 Å². The van der Waals surface area contributed by atoms with Crippen LogP contribution in [0.5, 0.6) is 0 Å².